The highest BCUT2D eigenvalue weighted by atomic mass is 32.1. The Bertz CT molecular complexity index is 1210. The maximum Gasteiger partial charge on any atom is 0.226 e. The third-order valence-corrected chi connectivity index (χ3v) is 10.00. The number of aromatic nitrogens is 1. The average molecular weight is 675 g/mol. The van der Waals surface area contributed by atoms with Crippen LogP contribution in [-0.2, 0) is 23.9 Å². The molecule has 1 aliphatic rings. The molecule has 0 spiro atoms. The van der Waals surface area contributed by atoms with Crippen molar-refractivity contribution in [1.82, 2.24) is 20.1 Å². The Labute approximate surface area is 286 Å². The molecule has 1 aromatic heterocycles. The van der Waals surface area contributed by atoms with Gasteiger partial charge in [-0.05, 0) is 51.5 Å². The zero-order chi connectivity index (χ0) is 35.3. The van der Waals surface area contributed by atoms with E-state index in [0.29, 0.717) is 19.4 Å². The summed E-state index contributed by atoms with van der Waals surface area (Å²) in [6, 6.07) is -0.986. The predicted molar refractivity (Wildman–Crippen MR) is 188 cm³/mol. The first-order chi connectivity index (χ1) is 22.2. The normalized spacial score (nSPS) is 19.6. The van der Waals surface area contributed by atoms with Gasteiger partial charge >= 0.3 is 0 Å². The molecular formula is C36H58N4O6S. The lowest BCUT2D eigenvalue weighted by atomic mass is 9.89. The van der Waals surface area contributed by atoms with Gasteiger partial charge in [0.05, 0.1) is 54.7 Å². The highest BCUT2D eigenvalue weighted by molar-refractivity contribution is 7.09. The van der Waals surface area contributed by atoms with Crippen molar-refractivity contribution in [3.05, 3.63) is 53.0 Å². The van der Waals surface area contributed by atoms with Crippen molar-refractivity contribution < 1.29 is 29.0 Å². The van der Waals surface area contributed by atoms with Gasteiger partial charge in [-0.25, -0.2) is 4.98 Å². The molecule has 47 heavy (non-hydrogen) atoms. The van der Waals surface area contributed by atoms with Crippen molar-refractivity contribution in [3.63, 3.8) is 0 Å². The van der Waals surface area contributed by atoms with Crippen LogP contribution in [0.4, 0.5) is 0 Å². The molecule has 2 heterocycles. The first-order valence-corrected chi connectivity index (χ1v) is 17.6. The van der Waals surface area contributed by atoms with Crippen LogP contribution in [0.25, 0.3) is 0 Å². The number of carbonyl (C=O) groups is 3. The van der Waals surface area contributed by atoms with E-state index < -0.39 is 23.7 Å². The van der Waals surface area contributed by atoms with Crippen LogP contribution in [0.2, 0.25) is 0 Å². The molecule has 1 aliphatic heterocycles. The topological polar surface area (TPSA) is 121 Å². The van der Waals surface area contributed by atoms with Gasteiger partial charge in [-0.1, -0.05) is 58.1 Å². The molecule has 264 valence electrons. The number of ether oxygens (including phenoxy) is 2. The second kappa shape index (κ2) is 19.2. The van der Waals surface area contributed by atoms with Crippen LogP contribution in [0, 0.1) is 11.8 Å². The molecule has 1 fully saturated rings. The second-order valence-electron chi connectivity index (χ2n) is 13.2. The van der Waals surface area contributed by atoms with Gasteiger partial charge < -0.3 is 29.7 Å². The van der Waals surface area contributed by atoms with E-state index in [9.17, 15) is 19.5 Å². The van der Waals surface area contributed by atoms with E-state index in [-0.39, 0.29) is 54.6 Å². The smallest absolute Gasteiger partial charge is 0.226 e. The van der Waals surface area contributed by atoms with Crippen LogP contribution in [0.15, 0.2) is 48.0 Å². The standard InChI is InChI=1S/C36H58N4O6S/c1-11-15-26(16-12-2)21-27(35-37-18-20-47-35)38-34(43)25(5)33(46-10)28-17-14-19-40(28)30(41)22-29(45-9)32(24(4)13-3)39(8)31(42)23-36(6,7)44/h11-12,15-16,18,20,24-25,27-29,32-33,44H,1,13-14,17,19,21-23H2,2-10H3,(H,38,43)/b16-12-,26-15+. The highest BCUT2D eigenvalue weighted by Gasteiger charge is 2.42. The third kappa shape index (κ3) is 11.7. The number of thiazole rings is 1. The molecule has 1 aromatic rings. The number of nitrogens with one attached hydrogen (secondary N) is 1. The van der Waals surface area contributed by atoms with Gasteiger partial charge in [0.1, 0.15) is 5.01 Å². The Morgan fingerprint density at radius 1 is 1.26 bits per heavy atom. The molecule has 2 N–H and O–H groups in total. The van der Waals surface area contributed by atoms with Crippen LogP contribution in [0.5, 0.6) is 0 Å². The van der Waals surface area contributed by atoms with Crippen molar-refractivity contribution in [2.24, 2.45) is 11.8 Å². The highest BCUT2D eigenvalue weighted by Crippen LogP contribution is 2.31. The Balaban J connectivity index is 2.25. The van der Waals surface area contributed by atoms with E-state index in [4.69, 9.17) is 9.47 Å². The van der Waals surface area contributed by atoms with Crippen molar-refractivity contribution in [2.75, 3.05) is 27.8 Å². The fourth-order valence-corrected chi connectivity index (χ4v) is 7.21. The second-order valence-corrected chi connectivity index (χ2v) is 14.2. The zero-order valence-corrected chi connectivity index (χ0v) is 30.7. The minimum absolute atomic E-state index is 0.0327. The molecule has 1 saturated heterocycles. The number of methoxy groups -OCH3 is 2. The van der Waals surface area contributed by atoms with Crippen molar-refractivity contribution in [3.8, 4) is 0 Å². The van der Waals surface area contributed by atoms with Gasteiger partial charge in [0.15, 0.2) is 0 Å². The minimum atomic E-state index is -1.15. The van der Waals surface area contributed by atoms with E-state index in [0.717, 1.165) is 23.4 Å². The van der Waals surface area contributed by atoms with E-state index >= 15 is 0 Å². The van der Waals surface area contributed by atoms with E-state index in [2.05, 4.69) is 16.9 Å². The first kappa shape index (κ1) is 40.3. The van der Waals surface area contributed by atoms with E-state index in [1.807, 2.05) is 56.2 Å². The maximum absolute atomic E-state index is 14.0. The number of amides is 3. The molecule has 7 atom stereocenters. The van der Waals surface area contributed by atoms with Crippen LogP contribution < -0.4 is 5.32 Å². The number of rotatable bonds is 19. The Morgan fingerprint density at radius 2 is 1.96 bits per heavy atom. The van der Waals surface area contributed by atoms with Crippen LogP contribution in [0.1, 0.15) is 91.1 Å². The fraction of sp³-hybridized carbons (Fsp3) is 0.667. The number of likely N-dealkylation sites (tertiary alicyclic amines) is 1. The summed E-state index contributed by atoms with van der Waals surface area (Å²) in [5.41, 5.74) is -0.135. The number of nitrogens with zero attached hydrogens (tertiary/aromatic N) is 3. The van der Waals surface area contributed by atoms with Crippen molar-refractivity contribution in [2.45, 2.75) is 116 Å². The minimum Gasteiger partial charge on any atom is -0.390 e. The summed E-state index contributed by atoms with van der Waals surface area (Å²) in [5.74, 6) is -0.977. The molecular weight excluding hydrogens is 616 g/mol. The summed E-state index contributed by atoms with van der Waals surface area (Å²) in [6.45, 7) is 15.5. The Hall–Kier alpha value is -2.86. The van der Waals surface area contributed by atoms with Crippen LogP contribution in [-0.4, -0.2) is 95.3 Å². The summed E-state index contributed by atoms with van der Waals surface area (Å²) < 4.78 is 11.9. The summed E-state index contributed by atoms with van der Waals surface area (Å²) in [7, 11) is 4.87. The molecule has 11 heteroatoms. The molecule has 3 amide bonds. The SMILES string of the molecule is C=C/C=C(\C=C/C)CC(NC(=O)C(C)C(OC)C1CCCN1C(=O)CC(OC)C(C(C)CC)N(C)C(=O)CC(C)(C)O)c1nccs1. The van der Waals surface area contributed by atoms with Crippen LogP contribution >= 0.6 is 11.3 Å². The van der Waals surface area contributed by atoms with Crippen LogP contribution in [0.3, 0.4) is 0 Å². The molecule has 0 radical (unpaired) electrons. The summed E-state index contributed by atoms with van der Waals surface area (Å²) in [5, 5.41) is 16.2. The summed E-state index contributed by atoms with van der Waals surface area (Å²) >= 11 is 1.49. The van der Waals surface area contributed by atoms with E-state index in [1.165, 1.54) is 11.3 Å². The molecule has 0 aromatic carbocycles. The van der Waals surface area contributed by atoms with Gasteiger partial charge in [0.2, 0.25) is 17.7 Å². The largest absolute Gasteiger partial charge is 0.390 e. The number of allylic oxidation sites excluding steroid dienone is 4. The molecule has 0 aliphatic carbocycles. The lowest BCUT2D eigenvalue weighted by Gasteiger charge is -2.40. The van der Waals surface area contributed by atoms with Crippen molar-refractivity contribution >= 4 is 29.1 Å². The first-order valence-electron chi connectivity index (χ1n) is 16.7. The van der Waals surface area contributed by atoms with Gasteiger partial charge in [-0.15, -0.1) is 11.3 Å². The zero-order valence-electron chi connectivity index (χ0n) is 29.9. The average Bonchev–Trinajstić information content (AvgIpc) is 3.73. The molecule has 7 unspecified atom stereocenters. The monoisotopic (exact) mass is 674 g/mol. The molecule has 10 nitrogen and oxygen atoms in total. The maximum atomic E-state index is 14.0. The van der Waals surface area contributed by atoms with Gasteiger partial charge in [-0.2, -0.15) is 0 Å². The molecule has 2 rings (SSSR count). The Morgan fingerprint density at radius 3 is 2.49 bits per heavy atom. The molecule has 0 bridgehead atoms. The number of likely N-dealkylation sites (N-methyl/N-ethyl adjacent to an activating group) is 1. The van der Waals surface area contributed by atoms with Gasteiger partial charge in [0.25, 0.3) is 0 Å². The van der Waals surface area contributed by atoms with Gasteiger partial charge in [-0.3, -0.25) is 14.4 Å². The number of carbonyl (C=O) groups excluding carboxylic acids is 3. The quantitative estimate of drug-likeness (QED) is 0.187. The number of hydrogen-bond acceptors (Lipinski definition) is 8. The van der Waals surface area contributed by atoms with E-state index in [1.54, 1.807) is 52.3 Å². The summed E-state index contributed by atoms with van der Waals surface area (Å²) in [6.07, 6.45) is 11.1. The fourth-order valence-electron chi connectivity index (χ4n) is 6.52. The predicted octanol–water partition coefficient (Wildman–Crippen LogP) is 5.46. The lowest BCUT2D eigenvalue weighted by molar-refractivity contribution is -0.147. The summed E-state index contributed by atoms with van der Waals surface area (Å²) in [4.78, 5) is 48.8. The Kier molecular flexibility index (Phi) is 16.5. The lowest BCUT2D eigenvalue weighted by Crippen LogP contribution is -2.53. The van der Waals surface area contributed by atoms with Gasteiger partial charge in [0, 0.05) is 39.4 Å². The third-order valence-electron chi connectivity index (χ3n) is 9.11. The number of hydrogen-bond donors (Lipinski definition) is 2. The number of aliphatic hydroxyl groups is 1. The van der Waals surface area contributed by atoms with Crippen molar-refractivity contribution in [1.29, 1.82) is 0 Å². The molecule has 0 saturated carbocycles.